The Bertz CT molecular complexity index is 712. The molecule has 2 radical (unpaired) electrons. The Kier molecular flexibility index (Phi) is 18.8. The van der Waals surface area contributed by atoms with Crippen molar-refractivity contribution in [2.45, 2.75) is 26.9 Å². The van der Waals surface area contributed by atoms with Gasteiger partial charge in [0.25, 0.3) is 0 Å². The van der Waals surface area contributed by atoms with Crippen LogP contribution in [-0.4, -0.2) is 15.4 Å². The predicted molar refractivity (Wildman–Crippen MR) is 102 cm³/mol. The number of carbonyl (C=O) groups is 1. The molecule has 0 bridgehead atoms. The molecule has 0 spiro atoms. The van der Waals surface area contributed by atoms with Crippen molar-refractivity contribution in [3.05, 3.63) is 83.1 Å². The standard InChI is InChI=1S/C9H11NO.C9H7.C2H6Si.2ClH.Hf/c1-6-4-3-5-7(2)8(6)9(10)11;1-2-5-9-7-3-6-8(9)4-1;1-3-2;;;/h3-5H,1-2H3,(H2,10,11);1-7H;1-2H3;2*1H;/q;-1;;;;+4/p-3. The maximum atomic E-state index is 10.8. The number of rotatable bonds is 1. The van der Waals surface area contributed by atoms with E-state index in [1.54, 1.807) is 0 Å². The first-order valence-corrected chi connectivity index (χ1v) is 9.52. The van der Waals surface area contributed by atoms with Gasteiger partial charge in [0.05, 0.1) is 5.91 Å². The number of halogens is 2. The van der Waals surface area contributed by atoms with Crippen LogP contribution in [0.25, 0.3) is 16.5 Å². The van der Waals surface area contributed by atoms with E-state index in [2.05, 4.69) is 55.6 Å². The molecule has 3 aromatic carbocycles. The third-order valence-electron chi connectivity index (χ3n) is 3.26. The molecule has 0 aliphatic heterocycles. The predicted octanol–water partition coefficient (Wildman–Crippen LogP) is -0.153. The summed E-state index contributed by atoms with van der Waals surface area (Å²) in [5, 5.41) is 2.66. The van der Waals surface area contributed by atoms with Gasteiger partial charge in [0.1, 0.15) is 0 Å². The minimum atomic E-state index is -0.597. The van der Waals surface area contributed by atoms with Crippen molar-refractivity contribution in [1.82, 2.24) is 0 Å². The largest absolute Gasteiger partial charge is 4.00 e. The average Bonchev–Trinajstić information content (AvgIpc) is 2.96. The summed E-state index contributed by atoms with van der Waals surface area (Å²) in [6.45, 7) is 7.99. The van der Waals surface area contributed by atoms with Gasteiger partial charge in [-0.1, -0.05) is 37.4 Å². The van der Waals surface area contributed by atoms with Crippen molar-refractivity contribution < 1.29 is 55.5 Å². The summed E-state index contributed by atoms with van der Waals surface area (Å²) in [5.74, 6) is -0.597. The van der Waals surface area contributed by atoms with Crippen LogP contribution in [0.1, 0.15) is 21.5 Å². The molecule has 0 aliphatic rings. The molecular weight excluding hydrogens is 548 g/mol. The molecule has 1 amide bonds. The van der Waals surface area contributed by atoms with Crippen molar-refractivity contribution in [2.24, 2.45) is 0 Å². The minimum absolute atomic E-state index is 0. The molecule has 0 aromatic heterocycles. The average molecular weight is 571 g/mol. The van der Waals surface area contributed by atoms with E-state index in [4.69, 9.17) is 5.73 Å². The number of aryl methyl sites for hydroxylation is 2. The Morgan fingerprint density at radius 1 is 0.923 bits per heavy atom. The van der Waals surface area contributed by atoms with Crippen molar-refractivity contribution in [2.75, 3.05) is 0 Å². The van der Waals surface area contributed by atoms with E-state index in [9.17, 15) is 4.79 Å². The Hall–Kier alpha value is -0.813. The van der Waals surface area contributed by atoms with Crippen LogP contribution in [0.4, 0.5) is 0 Å². The topological polar surface area (TPSA) is 40.9 Å². The van der Waals surface area contributed by atoms with Crippen LogP contribution in [0.5, 0.6) is 0 Å². The van der Waals surface area contributed by atoms with Gasteiger partial charge in [-0.3, -0.25) is 0 Å². The quantitative estimate of drug-likeness (QED) is 0.296. The zero-order valence-electron chi connectivity index (χ0n) is 15.4. The Balaban J connectivity index is -0.000000324. The molecule has 0 saturated heterocycles. The van der Waals surface area contributed by atoms with E-state index < -0.39 is 5.91 Å². The molecule has 6 heteroatoms. The maximum absolute atomic E-state index is 10.8. The molecule has 0 fully saturated rings. The van der Waals surface area contributed by atoms with Gasteiger partial charge in [0, 0.05) is 15.1 Å². The molecule has 0 atom stereocenters. The summed E-state index contributed by atoms with van der Waals surface area (Å²) >= 11 is 0. The van der Waals surface area contributed by atoms with Gasteiger partial charge in [0.2, 0.25) is 0 Å². The molecule has 3 rings (SSSR count). The molecule has 0 unspecified atom stereocenters. The molecular formula is C20H23Cl2HfNOSi. The Morgan fingerprint density at radius 3 is 1.85 bits per heavy atom. The molecule has 1 N–H and O–H groups in total. The fraction of sp³-hybridized carbons (Fsp3) is 0.200. The van der Waals surface area contributed by atoms with Crippen molar-refractivity contribution in [3.63, 3.8) is 0 Å². The van der Waals surface area contributed by atoms with Crippen LogP contribution in [0, 0.1) is 13.8 Å². The van der Waals surface area contributed by atoms with E-state index >= 15 is 0 Å². The normalized spacial score (nSPS) is 8.31. The smallest absolute Gasteiger partial charge is 1.00 e. The van der Waals surface area contributed by atoms with Gasteiger partial charge in [0.15, 0.2) is 0 Å². The summed E-state index contributed by atoms with van der Waals surface area (Å²) in [4.78, 5) is 10.8. The summed E-state index contributed by atoms with van der Waals surface area (Å²) in [7, 11) is 1.08. The van der Waals surface area contributed by atoms with Crippen LogP contribution in [0.3, 0.4) is 0 Å². The van der Waals surface area contributed by atoms with Gasteiger partial charge in [-0.25, -0.2) is 0 Å². The van der Waals surface area contributed by atoms with Gasteiger partial charge in [-0.15, -0.1) is 29.7 Å². The van der Waals surface area contributed by atoms with Crippen LogP contribution >= 0.6 is 0 Å². The van der Waals surface area contributed by atoms with Crippen LogP contribution < -0.4 is 24.8 Å². The maximum Gasteiger partial charge on any atom is 4.00 e. The van der Waals surface area contributed by atoms with E-state index in [0.717, 1.165) is 20.6 Å². The molecule has 0 heterocycles. The number of amides is 1. The number of hydrogen-bond donors (Lipinski definition) is 0. The van der Waals surface area contributed by atoms with E-state index in [-0.39, 0.29) is 50.7 Å². The summed E-state index contributed by atoms with van der Waals surface area (Å²) in [6.07, 6.45) is 0. The van der Waals surface area contributed by atoms with E-state index in [0.29, 0.717) is 5.56 Å². The molecule has 3 aromatic rings. The second-order valence-electron chi connectivity index (χ2n) is 5.25. The van der Waals surface area contributed by atoms with Gasteiger partial charge in [-0.05, 0) is 25.0 Å². The van der Waals surface area contributed by atoms with Gasteiger partial charge in [-0.2, -0.15) is 17.5 Å². The van der Waals surface area contributed by atoms with Crippen molar-refractivity contribution >= 4 is 26.2 Å². The number of benzene rings is 2. The van der Waals surface area contributed by atoms with Crippen molar-refractivity contribution in [3.8, 4) is 0 Å². The first kappa shape index (κ1) is 29.9. The van der Waals surface area contributed by atoms with E-state index in [1.165, 1.54) is 10.8 Å². The van der Waals surface area contributed by atoms with E-state index in [1.807, 2.05) is 32.0 Å². The SMILES string of the molecule is C[Si]C.Cc1cccc(C)c1C([NH-])=O.[Cl-].[Cl-].[Hf+4].c1ccc2[cH-]ccc2c1. The third kappa shape index (κ3) is 9.77. The fourth-order valence-electron chi connectivity index (χ4n) is 2.24. The van der Waals surface area contributed by atoms with Gasteiger partial charge < -0.3 is 35.3 Å². The van der Waals surface area contributed by atoms with Crippen molar-refractivity contribution in [1.29, 1.82) is 0 Å². The molecule has 0 saturated carbocycles. The zero-order chi connectivity index (χ0) is 17.2. The van der Waals surface area contributed by atoms with Gasteiger partial charge >= 0.3 is 25.8 Å². The first-order chi connectivity index (χ1) is 11.0. The number of carbonyl (C=O) groups excluding carboxylic acids is 1. The molecule has 136 valence electrons. The second kappa shape index (κ2) is 16.4. The number of nitrogens with one attached hydrogen (secondary N) is 1. The number of hydrogen-bond acceptors (Lipinski definition) is 1. The fourth-order valence-corrected chi connectivity index (χ4v) is 2.24. The number of fused-ring (bicyclic) bond motifs is 1. The molecule has 2 nitrogen and oxygen atoms in total. The van der Waals surface area contributed by atoms with Crippen LogP contribution in [0.15, 0.2) is 60.7 Å². The zero-order valence-corrected chi connectivity index (χ0v) is 21.5. The first-order valence-electron chi connectivity index (χ1n) is 7.52. The summed E-state index contributed by atoms with van der Waals surface area (Å²) in [5.41, 5.74) is 9.26. The minimum Gasteiger partial charge on any atom is -1.00 e. The third-order valence-corrected chi connectivity index (χ3v) is 3.26. The second-order valence-corrected chi connectivity index (χ2v) is 6.25. The summed E-state index contributed by atoms with van der Waals surface area (Å²) in [6, 6.07) is 20.2. The monoisotopic (exact) mass is 571 g/mol. The molecule has 0 aliphatic carbocycles. The summed E-state index contributed by atoms with van der Waals surface area (Å²) < 4.78 is 0. The van der Waals surface area contributed by atoms with Crippen LogP contribution in [-0.2, 0) is 25.8 Å². The Morgan fingerprint density at radius 2 is 1.42 bits per heavy atom. The molecule has 26 heavy (non-hydrogen) atoms. The van der Waals surface area contributed by atoms with Crippen LogP contribution in [0.2, 0.25) is 13.1 Å². The Labute approximate surface area is 190 Å².